The lowest BCUT2D eigenvalue weighted by atomic mass is 10.2. The second kappa shape index (κ2) is 5.72. The Labute approximate surface area is 99.7 Å². The summed E-state index contributed by atoms with van der Waals surface area (Å²) in [6.45, 7) is 4.14. The highest BCUT2D eigenvalue weighted by Crippen LogP contribution is 2.20. The van der Waals surface area contributed by atoms with Gasteiger partial charge in [0.25, 0.3) is 0 Å². The summed E-state index contributed by atoms with van der Waals surface area (Å²) in [7, 11) is 0. The van der Waals surface area contributed by atoms with Crippen molar-refractivity contribution in [3.63, 3.8) is 0 Å². The van der Waals surface area contributed by atoms with Crippen LogP contribution in [0.2, 0.25) is 0 Å². The van der Waals surface area contributed by atoms with Crippen molar-refractivity contribution >= 4 is 11.5 Å². The molecule has 0 aliphatic rings. The quantitative estimate of drug-likeness (QED) is 0.807. The van der Waals surface area contributed by atoms with Crippen LogP contribution in [0.5, 0.6) is 0 Å². The SMILES string of the molecule is CCCNCc1cc(-c2ccncc2)ns1. The molecule has 2 aromatic rings. The van der Waals surface area contributed by atoms with E-state index >= 15 is 0 Å². The minimum absolute atomic E-state index is 0.913. The van der Waals surface area contributed by atoms with E-state index in [-0.39, 0.29) is 0 Å². The highest BCUT2D eigenvalue weighted by Gasteiger charge is 2.03. The van der Waals surface area contributed by atoms with Gasteiger partial charge < -0.3 is 5.32 Å². The Morgan fingerprint density at radius 3 is 2.88 bits per heavy atom. The van der Waals surface area contributed by atoms with E-state index in [0.717, 1.165) is 30.8 Å². The molecule has 0 amide bonds. The Balaban J connectivity index is 2.02. The van der Waals surface area contributed by atoms with Crippen LogP contribution in [-0.4, -0.2) is 15.9 Å². The molecule has 0 bridgehead atoms. The maximum atomic E-state index is 4.44. The van der Waals surface area contributed by atoms with Crippen LogP contribution < -0.4 is 5.32 Å². The van der Waals surface area contributed by atoms with Gasteiger partial charge in [0.15, 0.2) is 0 Å². The van der Waals surface area contributed by atoms with E-state index in [0.29, 0.717) is 0 Å². The first-order valence-corrected chi connectivity index (χ1v) is 6.24. The lowest BCUT2D eigenvalue weighted by Crippen LogP contribution is -2.12. The molecule has 16 heavy (non-hydrogen) atoms. The Morgan fingerprint density at radius 2 is 2.12 bits per heavy atom. The fourth-order valence-electron chi connectivity index (χ4n) is 1.44. The van der Waals surface area contributed by atoms with Gasteiger partial charge in [-0.05, 0) is 42.7 Å². The number of hydrogen-bond donors (Lipinski definition) is 1. The van der Waals surface area contributed by atoms with Gasteiger partial charge in [0, 0.05) is 29.4 Å². The van der Waals surface area contributed by atoms with Crippen LogP contribution in [0.3, 0.4) is 0 Å². The molecule has 0 saturated carbocycles. The minimum Gasteiger partial charge on any atom is -0.312 e. The van der Waals surface area contributed by atoms with Gasteiger partial charge in [0.2, 0.25) is 0 Å². The molecule has 4 heteroatoms. The molecule has 0 spiro atoms. The number of rotatable bonds is 5. The summed E-state index contributed by atoms with van der Waals surface area (Å²) in [4.78, 5) is 5.28. The van der Waals surface area contributed by atoms with Crippen molar-refractivity contribution in [1.82, 2.24) is 14.7 Å². The average Bonchev–Trinajstić information content (AvgIpc) is 2.79. The highest BCUT2D eigenvalue weighted by molar-refractivity contribution is 7.06. The molecule has 0 radical (unpaired) electrons. The zero-order chi connectivity index (χ0) is 11.2. The molecule has 0 unspecified atom stereocenters. The predicted octanol–water partition coefficient (Wildman–Crippen LogP) is 2.70. The van der Waals surface area contributed by atoms with Crippen LogP contribution in [0.15, 0.2) is 30.6 Å². The van der Waals surface area contributed by atoms with Crippen molar-refractivity contribution in [3.05, 3.63) is 35.5 Å². The average molecular weight is 233 g/mol. The lowest BCUT2D eigenvalue weighted by molar-refractivity contribution is 0.681. The van der Waals surface area contributed by atoms with Crippen molar-refractivity contribution in [2.75, 3.05) is 6.54 Å². The van der Waals surface area contributed by atoms with E-state index in [1.807, 2.05) is 12.1 Å². The molecular formula is C12H15N3S. The van der Waals surface area contributed by atoms with Gasteiger partial charge in [0.05, 0.1) is 5.69 Å². The molecule has 3 nitrogen and oxygen atoms in total. The zero-order valence-corrected chi connectivity index (χ0v) is 10.1. The summed E-state index contributed by atoms with van der Waals surface area (Å²) in [6.07, 6.45) is 4.75. The Hall–Kier alpha value is -1.26. The van der Waals surface area contributed by atoms with Gasteiger partial charge in [-0.1, -0.05) is 6.92 Å². The van der Waals surface area contributed by atoms with Gasteiger partial charge in [-0.3, -0.25) is 4.98 Å². The largest absolute Gasteiger partial charge is 0.312 e. The van der Waals surface area contributed by atoms with Gasteiger partial charge in [0.1, 0.15) is 0 Å². The third kappa shape index (κ3) is 2.87. The molecule has 2 heterocycles. The number of aromatic nitrogens is 2. The zero-order valence-electron chi connectivity index (χ0n) is 9.31. The lowest BCUT2D eigenvalue weighted by Gasteiger charge is -1.97. The Morgan fingerprint density at radius 1 is 1.31 bits per heavy atom. The summed E-state index contributed by atoms with van der Waals surface area (Å²) in [5.74, 6) is 0. The number of nitrogens with zero attached hydrogens (tertiary/aromatic N) is 2. The smallest absolute Gasteiger partial charge is 0.0845 e. The van der Waals surface area contributed by atoms with Crippen LogP contribution in [-0.2, 0) is 6.54 Å². The van der Waals surface area contributed by atoms with E-state index in [9.17, 15) is 0 Å². The van der Waals surface area contributed by atoms with Crippen LogP contribution in [0.1, 0.15) is 18.2 Å². The van der Waals surface area contributed by atoms with Crippen LogP contribution in [0.25, 0.3) is 11.3 Å². The van der Waals surface area contributed by atoms with Crippen molar-refractivity contribution in [2.45, 2.75) is 19.9 Å². The van der Waals surface area contributed by atoms with Crippen LogP contribution >= 0.6 is 11.5 Å². The maximum Gasteiger partial charge on any atom is 0.0845 e. The van der Waals surface area contributed by atoms with E-state index in [1.54, 1.807) is 23.9 Å². The molecule has 2 rings (SSSR count). The summed E-state index contributed by atoms with van der Waals surface area (Å²) in [5, 5.41) is 3.37. The number of nitrogens with one attached hydrogen (secondary N) is 1. The molecule has 84 valence electrons. The first kappa shape index (κ1) is 11.2. The van der Waals surface area contributed by atoms with Gasteiger partial charge in [-0.15, -0.1) is 0 Å². The number of pyridine rings is 1. The van der Waals surface area contributed by atoms with Crippen molar-refractivity contribution in [3.8, 4) is 11.3 Å². The molecular weight excluding hydrogens is 218 g/mol. The predicted molar refractivity (Wildman–Crippen MR) is 67.3 cm³/mol. The fraction of sp³-hybridized carbons (Fsp3) is 0.333. The van der Waals surface area contributed by atoms with E-state index in [4.69, 9.17) is 0 Å². The summed E-state index contributed by atoms with van der Waals surface area (Å²) in [5.41, 5.74) is 2.17. The third-order valence-corrected chi connectivity index (χ3v) is 3.05. The first-order chi connectivity index (χ1) is 7.90. The van der Waals surface area contributed by atoms with Crippen LogP contribution in [0, 0.1) is 0 Å². The fourth-order valence-corrected chi connectivity index (χ4v) is 2.15. The van der Waals surface area contributed by atoms with E-state index < -0.39 is 0 Å². The second-order valence-corrected chi connectivity index (χ2v) is 4.48. The summed E-state index contributed by atoms with van der Waals surface area (Å²) < 4.78 is 4.44. The number of hydrogen-bond acceptors (Lipinski definition) is 4. The molecule has 0 aliphatic heterocycles. The first-order valence-electron chi connectivity index (χ1n) is 5.47. The van der Waals surface area contributed by atoms with Crippen molar-refractivity contribution in [2.24, 2.45) is 0 Å². The van der Waals surface area contributed by atoms with Crippen LogP contribution in [0.4, 0.5) is 0 Å². The maximum absolute atomic E-state index is 4.44. The van der Waals surface area contributed by atoms with E-state index in [1.165, 1.54) is 4.88 Å². The molecule has 0 saturated heterocycles. The standard InChI is InChI=1S/C12H15N3S/c1-2-5-14-9-11-8-12(15-16-11)10-3-6-13-7-4-10/h3-4,6-8,14H,2,5,9H2,1H3. The normalized spacial score (nSPS) is 10.6. The van der Waals surface area contributed by atoms with E-state index in [2.05, 4.69) is 27.7 Å². The van der Waals surface area contributed by atoms with Crippen molar-refractivity contribution < 1.29 is 0 Å². The highest BCUT2D eigenvalue weighted by atomic mass is 32.1. The van der Waals surface area contributed by atoms with Crippen molar-refractivity contribution in [1.29, 1.82) is 0 Å². The molecule has 0 aromatic carbocycles. The molecule has 0 aliphatic carbocycles. The Bertz CT molecular complexity index is 425. The Kier molecular flexibility index (Phi) is 4.02. The molecule has 0 atom stereocenters. The second-order valence-electron chi connectivity index (χ2n) is 3.59. The summed E-state index contributed by atoms with van der Waals surface area (Å²) >= 11 is 1.56. The molecule has 2 aromatic heterocycles. The summed E-state index contributed by atoms with van der Waals surface area (Å²) in [6, 6.07) is 6.11. The minimum atomic E-state index is 0.913. The van der Waals surface area contributed by atoms with Gasteiger partial charge >= 0.3 is 0 Å². The topological polar surface area (TPSA) is 37.8 Å². The van der Waals surface area contributed by atoms with Gasteiger partial charge in [-0.25, -0.2) is 0 Å². The monoisotopic (exact) mass is 233 g/mol. The molecule has 0 fully saturated rings. The third-order valence-electron chi connectivity index (χ3n) is 2.26. The van der Waals surface area contributed by atoms with Gasteiger partial charge in [-0.2, -0.15) is 4.37 Å². The molecule has 1 N–H and O–H groups in total.